The minimum absolute atomic E-state index is 0.267. The highest BCUT2D eigenvalue weighted by Gasteiger charge is 2.17. The van der Waals surface area contributed by atoms with Gasteiger partial charge in [-0.25, -0.2) is 0 Å². The molecule has 0 saturated heterocycles. The molecule has 0 aromatic carbocycles. The molecule has 1 atom stereocenters. The molecule has 2 heterocycles. The lowest BCUT2D eigenvalue weighted by molar-refractivity contribution is 0.193. The first-order chi connectivity index (χ1) is 7.08. The average molecular weight is 263 g/mol. The van der Waals surface area contributed by atoms with E-state index in [1.165, 1.54) is 11.3 Å². The van der Waals surface area contributed by atoms with Crippen LogP contribution in [0.25, 0.3) is 0 Å². The number of halogens is 2. The molecule has 0 saturated carbocycles. The SMILES string of the molecule is Cc1cc(C(O)c2ccc(Cl)o2)sc1Cl. The van der Waals surface area contributed by atoms with Crippen molar-refractivity contribution in [2.75, 3.05) is 0 Å². The van der Waals surface area contributed by atoms with Gasteiger partial charge >= 0.3 is 0 Å². The van der Waals surface area contributed by atoms with E-state index in [1.54, 1.807) is 12.1 Å². The molecule has 0 radical (unpaired) electrons. The van der Waals surface area contributed by atoms with E-state index in [1.807, 2.05) is 13.0 Å². The molecule has 5 heteroatoms. The fraction of sp³-hybridized carbons (Fsp3) is 0.200. The highest BCUT2D eigenvalue weighted by atomic mass is 35.5. The van der Waals surface area contributed by atoms with Crippen LogP contribution in [0.3, 0.4) is 0 Å². The van der Waals surface area contributed by atoms with Crippen molar-refractivity contribution in [3.63, 3.8) is 0 Å². The number of aliphatic hydroxyl groups is 1. The Morgan fingerprint density at radius 3 is 2.60 bits per heavy atom. The van der Waals surface area contributed by atoms with Gasteiger partial charge < -0.3 is 9.52 Å². The molecular formula is C10H8Cl2O2S. The van der Waals surface area contributed by atoms with Crippen molar-refractivity contribution in [1.29, 1.82) is 0 Å². The average Bonchev–Trinajstić information content (AvgIpc) is 2.74. The summed E-state index contributed by atoms with van der Waals surface area (Å²) in [6.45, 7) is 1.89. The number of aryl methyl sites for hydroxylation is 1. The first-order valence-corrected chi connectivity index (χ1v) is 5.84. The van der Waals surface area contributed by atoms with Crippen molar-refractivity contribution in [3.8, 4) is 0 Å². The summed E-state index contributed by atoms with van der Waals surface area (Å²) in [5.41, 5.74) is 0.952. The molecule has 2 rings (SSSR count). The molecule has 0 aliphatic carbocycles. The highest BCUT2D eigenvalue weighted by molar-refractivity contribution is 7.16. The number of rotatable bonds is 2. The second kappa shape index (κ2) is 4.18. The van der Waals surface area contributed by atoms with Crippen LogP contribution in [0.15, 0.2) is 22.6 Å². The third kappa shape index (κ3) is 2.21. The topological polar surface area (TPSA) is 33.4 Å². The smallest absolute Gasteiger partial charge is 0.193 e. The van der Waals surface area contributed by atoms with E-state index in [0.29, 0.717) is 10.1 Å². The monoisotopic (exact) mass is 262 g/mol. The van der Waals surface area contributed by atoms with E-state index >= 15 is 0 Å². The van der Waals surface area contributed by atoms with E-state index in [4.69, 9.17) is 27.6 Å². The summed E-state index contributed by atoms with van der Waals surface area (Å²) in [5.74, 6) is 0.429. The molecule has 0 amide bonds. The minimum atomic E-state index is -0.798. The number of furan rings is 1. The molecule has 80 valence electrons. The van der Waals surface area contributed by atoms with Crippen molar-refractivity contribution < 1.29 is 9.52 Å². The Balaban J connectivity index is 2.31. The molecule has 0 bridgehead atoms. The fourth-order valence-electron chi connectivity index (χ4n) is 1.23. The maximum absolute atomic E-state index is 9.94. The predicted molar refractivity (Wildman–Crippen MR) is 61.8 cm³/mol. The van der Waals surface area contributed by atoms with Crippen molar-refractivity contribution >= 4 is 34.5 Å². The van der Waals surface area contributed by atoms with Crippen LogP contribution in [-0.4, -0.2) is 5.11 Å². The van der Waals surface area contributed by atoms with Crippen LogP contribution < -0.4 is 0 Å². The molecule has 1 unspecified atom stereocenters. The lowest BCUT2D eigenvalue weighted by Crippen LogP contribution is -1.94. The maximum Gasteiger partial charge on any atom is 0.193 e. The lowest BCUT2D eigenvalue weighted by atomic mass is 10.2. The van der Waals surface area contributed by atoms with Gasteiger partial charge in [0.25, 0.3) is 0 Å². The van der Waals surface area contributed by atoms with Crippen LogP contribution in [0.5, 0.6) is 0 Å². The zero-order chi connectivity index (χ0) is 11.0. The van der Waals surface area contributed by atoms with Crippen molar-refractivity contribution in [1.82, 2.24) is 0 Å². The second-order valence-corrected chi connectivity index (χ2v) is 5.21. The summed E-state index contributed by atoms with van der Waals surface area (Å²) >= 11 is 12.9. The van der Waals surface area contributed by atoms with Gasteiger partial charge in [0.1, 0.15) is 11.9 Å². The van der Waals surface area contributed by atoms with Crippen molar-refractivity contribution in [2.24, 2.45) is 0 Å². The first kappa shape index (κ1) is 11.0. The Morgan fingerprint density at radius 2 is 2.13 bits per heavy atom. The van der Waals surface area contributed by atoms with Gasteiger partial charge in [-0.3, -0.25) is 0 Å². The molecule has 15 heavy (non-hydrogen) atoms. The molecule has 0 aliphatic rings. The van der Waals surface area contributed by atoms with E-state index in [-0.39, 0.29) is 5.22 Å². The normalized spacial score (nSPS) is 13.1. The van der Waals surface area contributed by atoms with Gasteiger partial charge in [-0.2, -0.15) is 0 Å². The van der Waals surface area contributed by atoms with Crippen molar-refractivity contribution in [2.45, 2.75) is 13.0 Å². The summed E-state index contributed by atoms with van der Waals surface area (Å²) in [4.78, 5) is 0.753. The summed E-state index contributed by atoms with van der Waals surface area (Å²) in [7, 11) is 0. The molecular weight excluding hydrogens is 255 g/mol. The Labute approximate surface area is 101 Å². The fourth-order valence-corrected chi connectivity index (χ4v) is 2.60. The van der Waals surface area contributed by atoms with Gasteiger partial charge in [0.05, 0.1) is 4.34 Å². The molecule has 2 aromatic rings. The summed E-state index contributed by atoms with van der Waals surface area (Å²) in [6.07, 6.45) is -0.798. The molecule has 2 nitrogen and oxygen atoms in total. The van der Waals surface area contributed by atoms with Gasteiger partial charge in [0, 0.05) is 4.88 Å². The standard InChI is InChI=1S/C10H8Cl2O2S/c1-5-4-7(15-10(5)12)9(13)6-2-3-8(11)14-6/h2-4,9,13H,1H3. The molecule has 1 N–H and O–H groups in total. The van der Waals surface area contributed by atoms with Crippen LogP contribution >= 0.6 is 34.5 Å². The van der Waals surface area contributed by atoms with Gasteiger partial charge in [-0.1, -0.05) is 11.6 Å². The van der Waals surface area contributed by atoms with Crippen LogP contribution in [-0.2, 0) is 0 Å². The third-order valence-corrected chi connectivity index (χ3v) is 3.82. The number of hydrogen-bond donors (Lipinski definition) is 1. The maximum atomic E-state index is 9.94. The molecule has 0 aliphatic heterocycles. The van der Waals surface area contributed by atoms with E-state index in [9.17, 15) is 5.11 Å². The Hall–Kier alpha value is -0.480. The second-order valence-electron chi connectivity index (χ2n) is 3.15. The Kier molecular flexibility index (Phi) is 3.07. The summed E-state index contributed by atoms with van der Waals surface area (Å²) in [5, 5.41) is 10.2. The first-order valence-electron chi connectivity index (χ1n) is 4.27. The summed E-state index contributed by atoms with van der Waals surface area (Å²) < 4.78 is 5.81. The number of thiophene rings is 1. The highest BCUT2D eigenvalue weighted by Crippen LogP contribution is 2.34. The van der Waals surface area contributed by atoms with Gasteiger partial charge in [-0.05, 0) is 42.3 Å². The quantitative estimate of drug-likeness (QED) is 0.887. The van der Waals surface area contributed by atoms with Crippen molar-refractivity contribution in [3.05, 3.63) is 44.0 Å². The lowest BCUT2D eigenvalue weighted by Gasteiger charge is -2.03. The molecule has 0 fully saturated rings. The Morgan fingerprint density at radius 1 is 1.40 bits per heavy atom. The minimum Gasteiger partial charge on any atom is -0.447 e. The predicted octanol–water partition coefficient (Wildman–Crippen LogP) is 4.04. The van der Waals surface area contributed by atoms with E-state index in [2.05, 4.69) is 0 Å². The molecule has 0 spiro atoms. The van der Waals surface area contributed by atoms with Crippen LogP contribution in [0.1, 0.15) is 22.3 Å². The molecule has 2 aromatic heterocycles. The largest absolute Gasteiger partial charge is 0.447 e. The van der Waals surface area contributed by atoms with E-state index in [0.717, 1.165) is 10.4 Å². The number of hydrogen-bond acceptors (Lipinski definition) is 3. The van der Waals surface area contributed by atoms with Gasteiger partial charge in [0.15, 0.2) is 5.22 Å². The summed E-state index contributed by atoms with van der Waals surface area (Å²) in [6, 6.07) is 5.09. The van der Waals surface area contributed by atoms with Crippen LogP contribution in [0.4, 0.5) is 0 Å². The zero-order valence-corrected chi connectivity index (χ0v) is 10.2. The van der Waals surface area contributed by atoms with Crippen LogP contribution in [0, 0.1) is 6.92 Å². The Bertz CT molecular complexity index is 456. The van der Waals surface area contributed by atoms with Gasteiger partial charge in [0.2, 0.25) is 0 Å². The zero-order valence-electron chi connectivity index (χ0n) is 7.83. The van der Waals surface area contributed by atoms with Crippen LogP contribution in [0.2, 0.25) is 9.56 Å². The van der Waals surface area contributed by atoms with Gasteiger partial charge in [-0.15, -0.1) is 11.3 Å². The third-order valence-electron chi connectivity index (χ3n) is 2.01. The van der Waals surface area contributed by atoms with E-state index < -0.39 is 6.10 Å². The number of aliphatic hydroxyl groups excluding tert-OH is 1.